The molecule has 1 heterocycles. The van der Waals surface area contributed by atoms with E-state index in [0.717, 1.165) is 11.1 Å². The Bertz CT molecular complexity index is 927. The average Bonchev–Trinajstić information content (AvgIpc) is 2.99. The fourth-order valence-electron chi connectivity index (χ4n) is 2.76. The second-order valence-corrected chi connectivity index (χ2v) is 7.68. The molecular weight excluding hydrogens is 322 g/mol. The standard InChI is InChI=1S/C19H21NO3S/c1-14-7-9-16(10-8-14)24(21,22)23-12-11-15(2)18-13-20-19-6-4-3-5-17(18)19/h3-10,13,15,20H,11-12H2,1-2H3. The van der Waals surface area contributed by atoms with Gasteiger partial charge >= 0.3 is 0 Å². The fraction of sp³-hybridized carbons (Fsp3) is 0.263. The predicted octanol–water partition coefficient (Wildman–Crippen LogP) is 4.38. The van der Waals surface area contributed by atoms with E-state index in [1.165, 1.54) is 10.9 Å². The molecule has 0 radical (unpaired) electrons. The lowest BCUT2D eigenvalue weighted by atomic mass is 9.98. The molecule has 3 aromatic rings. The van der Waals surface area contributed by atoms with Crippen LogP contribution in [0, 0.1) is 6.92 Å². The molecule has 3 rings (SSSR count). The summed E-state index contributed by atoms with van der Waals surface area (Å²) in [6, 6.07) is 14.8. The molecule has 0 aliphatic carbocycles. The van der Waals surface area contributed by atoms with Crippen molar-refractivity contribution in [3.05, 3.63) is 65.9 Å². The largest absolute Gasteiger partial charge is 0.361 e. The van der Waals surface area contributed by atoms with Gasteiger partial charge in [0.15, 0.2) is 0 Å². The van der Waals surface area contributed by atoms with E-state index in [9.17, 15) is 8.42 Å². The van der Waals surface area contributed by atoms with Gasteiger partial charge in [0.1, 0.15) is 0 Å². The molecule has 1 aromatic heterocycles. The van der Waals surface area contributed by atoms with E-state index in [2.05, 4.69) is 18.0 Å². The number of fused-ring (bicyclic) bond motifs is 1. The molecule has 4 nitrogen and oxygen atoms in total. The fourth-order valence-corrected chi connectivity index (χ4v) is 3.69. The Balaban J connectivity index is 1.64. The number of nitrogens with one attached hydrogen (secondary N) is 1. The van der Waals surface area contributed by atoms with Crippen molar-refractivity contribution in [1.82, 2.24) is 4.98 Å². The van der Waals surface area contributed by atoms with Crippen molar-refractivity contribution in [2.45, 2.75) is 31.1 Å². The van der Waals surface area contributed by atoms with Crippen LogP contribution in [-0.2, 0) is 14.3 Å². The number of para-hydroxylation sites is 1. The number of aromatic nitrogens is 1. The van der Waals surface area contributed by atoms with E-state index >= 15 is 0 Å². The molecule has 24 heavy (non-hydrogen) atoms. The SMILES string of the molecule is Cc1ccc(S(=O)(=O)OCCC(C)c2c[nH]c3ccccc23)cc1. The molecular formula is C19H21NO3S. The van der Waals surface area contributed by atoms with Crippen LogP contribution in [0.4, 0.5) is 0 Å². The molecule has 0 aliphatic rings. The predicted molar refractivity (Wildman–Crippen MR) is 95.6 cm³/mol. The average molecular weight is 343 g/mol. The monoisotopic (exact) mass is 343 g/mol. The van der Waals surface area contributed by atoms with E-state index in [-0.39, 0.29) is 17.4 Å². The first kappa shape index (κ1) is 16.7. The van der Waals surface area contributed by atoms with Crippen LogP contribution in [0.25, 0.3) is 10.9 Å². The number of aryl methyl sites for hydroxylation is 1. The molecule has 0 bridgehead atoms. The highest BCUT2D eigenvalue weighted by atomic mass is 32.2. The van der Waals surface area contributed by atoms with Gasteiger partial charge in [-0.25, -0.2) is 0 Å². The van der Waals surface area contributed by atoms with E-state index in [4.69, 9.17) is 4.18 Å². The Labute approximate surface area is 142 Å². The number of hydrogen-bond acceptors (Lipinski definition) is 3. The minimum atomic E-state index is -3.69. The summed E-state index contributed by atoms with van der Waals surface area (Å²) in [6.45, 7) is 4.16. The molecule has 0 saturated carbocycles. The lowest BCUT2D eigenvalue weighted by Gasteiger charge is -2.11. The van der Waals surface area contributed by atoms with Crippen molar-refractivity contribution in [2.24, 2.45) is 0 Å². The van der Waals surface area contributed by atoms with Crippen molar-refractivity contribution >= 4 is 21.0 Å². The number of hydrogen-bond donors (Lipinski definition) is 1. The van der Waals surface area contributed by atoms with E-state index < -0.39 is 10.1 Å². The maximum absolute atomic E-state index is 12.2. The molecule has 126 valence electrons. The third-order valence-corrected chi connectivity index (χ3v) is 5.58. The Morgan fingerprint density at radius 2 is 1.79 bits per heavy atom. The topological polar surface area (TPSA) is 59.2 Å². The van der Waals surface area contributed by atoms with Crippen LogP contribution < -0.4 is 0 Å². The number of aromatic amines is 1. The molecule has 0 fully saturated rings. The molecule has 2 aromatic carbocycles. The van der Waals surface area contributed by atoms with Crippen molar-refractivity contribution in [3.8, 4) is 0 Å². The lowest BCUT2D eigenvalue weighted by molar-refractivity contribution is 0.303. The lowest BCUT2D eigenvalue weighted by Crippen LogP contribution is -2.09. The van der Waals surface area contributed by atoms with Gasteiger partial charge in [0, 0.05) is 17.1 Å². The number of H-pyrrole nitrogens is 1. The first-order chi connectivity index (χ1) is 11.5. The van der Waals surface area contributed by atoms with Crippen molar-refractivity contribution in [1.29, 1.82) is 0 Å². The van der Waals surface area contributed by atoms with Gasteiger partial charge in [-0.05, 0) is 43.0 Å². The Morgan fingerprint density at radius 3 is 2.54 bits per heavy atom. The Kier molecular flexibility index (Phi) is 4.73. The third kappa shape index (κ3) is 3.52. The second kappa shape index (κ2) is 6.79. The summed E-state index contributed by atoms with van der Waals surface area (Å²) in [4.78, 5) is 3.45. The summed E-state index contributed by atoms with van der Waals surface area (Å²) >= 11 is 0. The first-order valence-electron chi connectivity index (χ1n) is 7.99. The zero-order valence-corrected chi connectivity index (χ0v) is 14.6. The smallest absolute Gasteiger partial charge is 0.296 e. The molecule has 0 spiro atoms. The maximum atomic E-state index is 12.2. The first-order valence-corrected chi connectivity index (χ1v) is 9.40. The van der Waals surface area contributed by atoms with E-state index in [0.29, 0.717) is 6.42 Å². The molecule has 0 amide bonds. The molecule has 1 unspecified atom stereocenters. The quantitative estimate of drug-likeness (QED) is 0.676. The summed E-state index contributed by atoms with van der Waals surface area (Å²) in [5.74, 6) is 0.203. The van der Waals surface area contributed by atoms with Gasteiger partial charge in [0.05, 0.1) is 11.5 Å². The van der Waals surface area contributed by atoms with Gasteiger partial charge in [-0.2, -0.15) is 8.42 Å². The van der Waals surface area contributed by atoms with Crippen molar-refractivity contribution in [3.63, 3.8) is 0 Å². The molecule has 0 saturated heterocycles. The van der Waals surface area contributed by atoms with Crippen LogP contribution in [0.15, 0.2) is 59.6 Å². The minimum Gasteiger partial charge on any atom is -0.361 e. The second-order valence-electron chi connectivity index (χ2n) is 6.07. The van der Waals surface area contributed by atoms with Crippen molar-refractivity contribution in [2.75, 3.05) is 6.61 Å². The van der Waals surface area contributed by atoms with Crippen LogP contribution in [0.1, 0.15) is 30.4 Å². The Hall–Kier alpha value is -2.11. The summed E-state index contributed by atoms with van der Waals surface area (Å²) < 4.78 is 29.6. The molecule has 5 heteroatoms. The molecule has 1 N–H and O–H groups in total. The van der Waals surface area contributed by atoms with Crippen LogP contribution in [-0.4, -0.2) is 20.0 Å². The van der Waals surface area contributed by atoms with Gasteiger partial charge in [-0.3, -0.25) is 4.18 Å². The zero-order chi connectivity index (χ0) is 17.2. The van der Waals surface area contributed by atoms with E-state index in [1.54, 1.807) is 24.3 Å². The Morgan fingerprint density at radius 1 is 1.08 bits per heavy atom. The van der Waals surface area contributed by atoms with Gasteiger partial charge in [0.25, 0.3) is 10.1 Å². The number of rotatable bonds is 6. The highest BCUT2D eigenvalue weighted by Gasteiger charge is 2.17. The highest BCUT2D eigenvalue weighted by Crippen LogP contribution is 2.27. The number of benzene rings is 2. The summed E-state index contributed by atoms with van der Waals surface area (Å²) in [5, 5.41) is 1.17. The highest BCUT2D eigenvalue weighted by molar-refractivity contribution is 7.86. The van der Waals surface area contributed by atoms with Crippen LogP contribution in [0.3, 0.4) is 0 Å². The third-order valence-electron chi connectivity index (χ3n) is 4.25. The van der Waals surface area contributed by atoms with Crippen LogP contribution in [0.5, 0.6) is 0 Å². The van der Waals surface area contributed by atoms with Crippen LogP contribution in [0.2, 0.25) is 0 Å². The van der Waals surface area contributed by atoms with Gasteiger partial charge in [0.2, 0.25) is 0 Å². The molecule has 0 aliphatic heterocycles. The normalized spacial score (nSPS) is 13.2. The van der Waals surface area contributed by atoms with Gasteiger partial charge < -0.3 is 4.98 Å². The van der Waals surface area contributed by atoms with Gasteiger partial charge in [-0.1, -0.05) is 42.8 Å². The van der Waals surface area contributed by atoms with E-state index in [1.807, 2.05) is 31.3 Å². The summed E-state index contributed by atoms with van der Waals surface area (Å²) in [5.41, 5.74) is 3.29. The summed E-state index contributed by atoms with van der Waals surface area (Å²) in [7, 11) is -3.69. The van der Waals surface area contributed by atoms with Crippen molar-refractivity contribution < 1.29 is 12.6 Å². The summed E-state index contributed by atoms with van der Waals surface area (Å²) in [6.07, 6.45) is 2.62. The maximum Gasteiger partial charge on any atom is 0.296 e. The van der Waals surface area contributed by atoms with Gasteiger partial charge in [-0.15, -0.1) is 0 Å². The minimum absolute atomic E-state index is 0.164. The zero-order valence-electron chi connectivity index (χ0n) is 13.8. The van der Waals surface area contributed by atoms with Crippen LogP contribution >= 0.6 is 0 Å². The molecule has 1 atom stereocenters.